The van der Waals surface area contributed by atoms with E-state index in [2.05, 4.69) is 32.8 Å². The molecule has 1 atom stereocenters. The summed E-state index contributed by atoms with van der Waals surface area (Å²) >= 11 is 0. The van der Waals surface area contributed by atoms with E-state index in [1.165, 1.54) is 25.8 Å². The first kappa shape index (κ1) is 13.0. The Morgan fingerprint density at radius 3 is 2.27 bits per heavy atom. The van der Waals surface area contributed by atoms with Crippen LogP contribution in [0.2, 0.25) is 0 Å². The minimum Gasteiger partial charge on any atom is -0.384 e. The van der Waals surface area contributed by atoms with Crippen LogP contribution in [0, 0.1) is 17.3 Å². The van der Waals surface area contributed by atoms with E-state index >= 15 is 0 Å². The maximum atomic E-state index is 5.48. The van der Waals surface area contributed by atoms with Crippen LogP contribution in [0.4, 0.5) is 0 Å². The summed E-state index contributed by atoms with van der Waals surface area (Å²) in [6.07, 6.45) is 4.11. The highest BCUT2D eigenvalue weighted by molar-refractivity contribution is 4.96. The van der Waals surface area contributed by atoms with Crippen molar-refractivity contribution in [1.29, 1.82) is 0 Å². The molecule has 1 unspecified atom stereocenters. The second-order valence-electron chi connectivity index (χ2n) is 5.91. The van der Waals surface area contributed by atoms with E-state index in [-0.39, 0.29) is 0 Å². The van der Waals surface area contributed by atoms with Gasteiger partial charge in [-0.05, 0) is 45.2 Å². The molecule has 0 N–H and O–H groups in total. The van der Waals surface area contributed by atoms with Gasteiger partial charge in [-0.1, -0.05) is 13.8 Å². The Morgan fingerprint density at radius 1 is 1.33 bits per heavy atom. The Bertz CT molecular complexity index is 175. The van der Waals surface area contributed by atoms with Gasteiger partial charge in [0.05, 0.1) is 6.61 Å². The number of methoxy groups -OCH3 is 1. The lowest BCUT2D eigenvalue weighted by molar-refractivity contribution is 0.0240. The van der Waals surface area contributed by atoms with Crippen LogP contribution in [0.1, 0.15) is 33.1 Å². The summed E-state index contributed by atoms with van der Waals surface area (Å²) < 4.78 is 5.48. The van der Waals surface area contributed by atoms with Gasteiger partial charge in [-0.2, -0.15) is 0 Å². The van der Waals surface area contributed by atoms with Crippen molar-refractivity contribution in [1.82, 2.24) is 4.90 Å². The van der Waals surface area contributed by atoms with E-state index in [9.17, 15) is 0 Å². The Morgan fingerprint density at radius 2 is 1.93 bits per heavy atom. The van der Waals surface area contributed by atoms with Gasteiger partial charge in [0.1, 0.15) is 0 Å². The smallest absolute Gasteiger partial charge is 0.0533 e. The summed E-state index contributed by atoms with van der Waals surface area (Å²) in [6, 6.07) is 0. The molecule has 1 rings (SSSR count). The molecule has 0 spiro atoms. The van der Waals surface area contributed by atoms with Crippen molar-refractivity contribution in [2.24, 2.45) is 17.3 Å². The first-order chi connectivity index (χ1) is 7.00. The van der Waals surface area contributed by atoms with Crippen molar-refractivity contribution in [3.63, 3.8) is 0 Å². The van der Waals surface area contributed by atoms with Crippen LogP contribution in [-0.4, -0.2) is 39.3 Å². The molecule has 2 heteroatoms. The van der Waals surface area contributed by atoms with Gasteiger partial charge < -0.3 is 9.64 Å². The van der Waals surface area contributed by atoms with Crippen molar-refractivity contribution in [2.75, 3.05) is 34.4 Å². The molecular formula is C13H27NO. The lowest BCUT2D eigenvalue weighted by Crippen LogP contribution is -2.40. The molecule has 90 valence electrons. The van der Waals surface area contributed by atoms with Gasteiger partial charge in [0.2, 0.25) is 0 Å². The summed E-state index contributed by atoms with van der Waals surface area (Å²) in [5, 5.41) is 0. The molecule has 0 aromatic heterocycles. The third-order valence-corrected chi connectivity index (χ3v) is 3.32. The first-order valence-corrected chi connectivity index (χ1v) is 6.14. The SMILES string of the molecule is COCC(CC(C)C)(CN(C)C)C1CC1. The van der Waals surface area contributed by atoms with Gasteiger partial charge in [-0.3, -0.25) is 0 Å². The normalized spacial score (nSPS) is 21.0. The monoisotopic (exact) mass is 213 g/mol. The average Bonchev–Trinajstić information content (AvgIpc) is 2.82. The zero-order valence-electron chi connectivity index (χ0n) is 11.0. The number of hydrogen-bond acceptors (Lipinski definition) is 2. The van der Waals surface area contributed by atoms with Crippen LogP contribution >= 0.6 is 0 Å². The zero-order valence-corrected chi connectivity index (χ0v) is 11.0. The van der Waals surface area contributed by atoms with E-state index in [1.807, 2.05) is 7.11 Å². The van der Waals surface area contributed by atoms with Crippen molar-refractivity contribution < 1.29 is 4.74 Å². The zero-order chi connectivity index (χ0) is 11.5. The van der Waals surface area contributed by atoms with Crippen LogP contribution in [0.15, 0.2) is 0 Å². The molecular weight excluding hydrogens is 186 g/mol. The van der Waals surface area contributed by atoms with Crippen LogP contribution < -0.4 is 0 Å². The van der Waals surface area contributed by atoms with Crippen molar-refractivity contribution >= 4 is 0 Å². The molecule has 15 heavy (non-hydrogen) atoms. The standard InChI is InChI=1S/C13H27NO/c1-11(2)8-13(10-15-5,9-14(3)4)12-6-7-12/h11-12H,6-10H2,1-5H3. The van der Waals surface area contributed by atoms with E-state index in [4.69, 9.17) is 4.74 Å². The molecule has 1 aliphatic carbocycles. The fourth-order valence-corrected chi connectivity index (χ4v) is 3.01. The lowest BCUT2D eigenvalue weighted by Gasteiger charge is -2.37. The number of nitrogens with zero attached hydrogens (tertiary/aromatic N) is 1. The fraction of sp³-hybridized carbons (Fsp3) is 1.00. The Hall–Kier alpha value is -0.0800. The Balaban J connectivity index is 2.68. The van der Waals surface area contributed by atoms with Crippen molar-refractivity contribution in [3.05, 3.63) is 0 Å². The highest BCUT2D eigenvalue weighted by atomic mass is 16.5. The molecule has 0 heterocycles. The molecule has 1 aliphatic rings. The van der Waals surface area contributed by atoms with Crippen LogP contribution in [0.25, 0.3) is 0 Å². The molecule has 0 aromatic rings. The van der Waals surface area contributed by atoms with Crippen molar-refractivity contribution in [2.45, 2.75) is 33.1 Å². The maximum Gasteiger partial charge on any atom is 0.0533 e. The largest absolute Gasteiger partial charge is 0.384 e. The molecule has 0 aromatic carbocycles. The molecule has 1 saturated carbocycles. The minimum atomic E-state index is 0.409. The van der Waals surface area contributed by atoms with Gasteiger partial charge in [-0.15, -0.1) is 0 Å². The molecule has 0 saturated heterocycles. The van der Waals surface area contributed by atoms with E-state index < -0.39 is 0 Å². The highest BCUT2D eigenvalue weighted by Gasteiger charge is 2.45. The van der Waals surface area contributed by atoms with Gasteiger partial charge >= 0.3 is 0 Å². The molecule has 0 radical (unpaired) electrons. The predicted molar refractivity (Wildman–Crippen MR) is 65.0 cm³/mol. The van der Waals surface area contributed by atoms with Crippen LogP contribution in [-0.2, 0) is 4.74 Å². The van der Waals surface area contributed by atoms with E-state index in [0.29, 0.717) is 5.41 Å². The summed E-state index contributed by atoms with van der Waals surface area (Å²) in [6.45, 7) is 6.74. The highest BCUT2D eigenvalue weighted by Crippen LogP contribution is 2.49. The van der Waals surface area contributed by atoms with Gasteiger partial charge in [0.15, 0.2) is 0 Å². The molecule has 0 bridgehead atoms. The molecule has 0 aliphatic heterocycles. The number of hydrogen-bond donors (Lipinski definition) is 0. The maximum absolute atomic E-state index is 5.48. The quantitative estimate of drug-likeness (QED) is 0.644. The van der Waals surface area contributed by atoms with Gasteiger partial charge in [0, 0.05) is 19.1 Å². The lowest BCUT2D eigenvalue weighted by atomic mass is 9.76. The number of rotatable bonds is 7. The third kappa shape index (κ3) is 3.76. The summed E-state index contributed by atoms with van der Waals surface area (Å²) in [5.41, 5.74) is 0.409. The average molecular weight is 213 g/mol. The predicted octanol–water partition coefficient (Wildman–Crippen LogP) is 2.64. The molecule has 2 nitrogen and oxygen atoms in total. The topological polar surface area (TPSA) is 12.5 Å². The summed E-state index contributed by atoms with van der Waals surface area (Å²) in [5.74, 6) is 1.67. The van der Waals surface area contributed by atoms with Crippen LogP contribution in [0.5, 0.6) is 0 Å². The second kappa shape index (κ2) is 5.31. The summed E-state index contributed by atoms with van der Waals surface area (Å²) in [7, 11) is 6.19. The van der Waals surface area contributed by atoms with Crippen LogP contribution in [0.3, 0.4) is 0 Å². The van der Waals surface area contributed by atoms with Crippen molar-refractivity contribution in [3.8, 4) is 0 Å². The molecule has 1 fully saturated rings. The Labute approximate surface area is 95.0 Å². The Kier molecular flexibility index (Phi) is 4.60. The fourth-order valence-electron chi connectivity index (χ4n) is 3.01. The third-order valence-electron chi connectivity index (χ3n) is 3.32. The van der Waals surface area contributed by atoms with Gasteiger partial charge in [-0.25, -0.2) is 0 Å². The summed E-state index contributed by atoms with van der Waals surface area (Å²) in [4.78, 5) is 2.32. The number of ether oxygens (including phenoxy) is 1. The second-order valence-corrected chi connectivity index (χ2v) is 5.91. The van der Waals surface area contributed by atoms with Gasteiger partial charge in [0.25, 0.3) is 0 Å². The van der Waals surface area contributed by atoms with E-state index in [1.54, 1.807) is 0 Å². The van der Waals surface area contributed by atoms with E-state index in [0.717, 1.165) is 18.4 Å². The minimum absolute atomic E-state index is 0.409. The first-order valence-electron chi connectivity index (χ1n) is 6.14. The molecule has 0 amide bonds.